The summed E-state index contributed by atoms with van der Waals surface area (Å²) in [7, 11) is 0. The van der Waals surface area contributed by atoms with Crippen LogP contribution in [0.25, 0.3) is 0 Å². The summed E-state index contributed by atoms with van der Waals surface area (Å²) in [6, 6.07) is 3.16. The molecular formula is C12H14BrN3O4. The van der Waals surface area contributed by atoms with Crippen molar-refractivity contribution >= 4 is 39.5 Å². The van der Waals surface area contributed by atoms with E-state index in [1.54, 1.807) is 18.2 Å². The first-order valence-electron chi connectivity index (χ1n) is 5.64. The van der Waals surface area contributed by atoms with Crippen LogP contribution in [-0.2, 0) is 9.59 Å². The number of halogens is 1. The molecular weight excluding hydrogens is 330 g/mol. The van der Waals surface area contributed by atoms with E-state index in [-0.39, 0.29) is 0 Å². The second-order valence-electron chi connectivity index (χ2n) is 4.14. The third-order valence-corrected chi connectivity index (χ3v) is 3.04. The van der Waals surface area contributed by atoms with Gasteiger partial charge in [0.2, 0.25) is 5.91 Å². The van der Waals surface area contributed by atoms with Crippen molar-refractivity contribution in [1.82, 2.24) is 5.32 Å². The lowest BCUT2D eigenvalue weighted by molar-refractivity contribution is -0.140. The number of urea groups is 1. The van der Waals surface area contributed by atoms with E-state index in [0.29, 0.717) is 10.2 Å². The van der Waals surface area contributed by atoms with Gasteiger partial charge in [-0.1, -0.05) is 6.07 Å². The van der Waals surface area contributed by atoms with E-state index in [0.717, 1.165) is 5.56 Å². The van der Waals surface area contributed by atoms with Crippen LogP contribution >= 0.6 is 15.9 Å². The minimum absolute atomic E-state index is 0.474. The number of carbonyl (C=O) groups excluding carboxylic acids is 2. The van der Waals surface area contributed by atoms with E-state index in [9.17, 15) is 14.4 Å². The number of nitrogens with one attached hydrogen (secondary N) is 2. The average molecular weight is 344 g/mol. The molecule has 0 fully saturated rings. The Morgan fingerprint density at radius 1 is 1.40 bits per heavy atom. The zero-order valence-corrected chi connectivity index (χ0v) is 12.2. The molecule has 0 radical (unpaired) electrons. The number of carboxylic acid groups (broad SMARTS) is 1. The number of nitrogens with two attached hydrogens (primary N) is 1. The molecule has 0 spiro atoms. The Hall–Kier alpha value is -2.09. The van der Waals surface area contributed by atoms with E-state index < -0.39 is 30.4 Å². The monoisotopic (exact) mass is 343 g/mol. The fourth-order valence-corrected chi connectivity index (χ4v) is 2.03. The van der Waals surface area contributed by atoms with E-state index in [4.69, 9.17) is 10.8 Å². The molecule has 8 heteroatoms. The molecule has 1 aromatic rings. The Balaban J connectivity index is 2.70. The largest absolute Gasteiger partial charge is 0.480 e. The zero-order valence-electron chi connectivity index (χ0n) is 10.6. The molecule has 0 aliphatic carbocycles. The molecule has 0 aliphatic rings. The molecule has 1 aromatic carbocycles. The highest BCUT2D eigenvalue weighted by atomic mass is 79.9. The molecule has 1 rings (SSSR count). The fraction of sp³-hybridized carbons (Fsp3) is 0.250. The Kier molecular flexibility index (Phi) is 5.51. The molecule has 7 nitrogen and oxygen atoms in total. The van der Waals surface area contributed by atoms with Gasteiger partial charge in [0.1, 0.15) is 6.04 Å². The van der Waals surface area contributed by atoms with Crippen LogP contribution in [0, 0.1) is 6.92 Å². The first kappa shape index (κ1) is 16.0. The predicted molar refractivity (Wildman–Crippen MR) is 76.3 cm³/mol. The van der Waals surface area contributed by atoms with Gasteiger partial charge in [-0.25, -0.2) is 9.59 Å². The van der Waals surface area contributed by atoms with E-state index in [1.165, 1.54) is 0 Å². The standard InChI is InChI=1S/C12H14BrN3O4/c1-6-2-3-8(7(13)4-6)15-12(20)16-9(11(18)19)5-10(14)17/h2-4,9H,5H2,1H3,(H2,14,17)(H,18,19)(H2,15,16,20). The number of anilines is 1. The molecule has 1 unspecified atom stereocenters. The number of carboxylic acids is 1. The van der Waals surface area contributed by atoms with Gasteiger partial charge in [0.15, 0.2) is 0 Å². The molecule has 108 valence electrons. The normalized spacial score (nSPS) is 11.5. The van der Waals surface area contributed by atoms with Crippen LogP contribution in [0.5, 0.6) is 0 Å². The first-order valence-corrected chi connectivity index (χ1v) is 6.43. The van der Waals surface area contributed by atoms with E-state index in [1.807, 2.05) is 6.92 Å². The van der Waals surface area contributed by atoms with Crippen LogP contribution in [0.2, 0.25) is 0 Å². The predicted octanol–water partition coefficient (Wildman–Crippen LogP) is 1.21. The highest BCUT2D eigenvalue weighted by Crippen LogP contribution is 2.23. The molecule has 0 aromatic heterocycles. The van der Waals surface area contributed by atoms with Gasteiger partial charge in [-0.05, 0) is 40.5 Å². The lowest BCUT2D eigenvalue weighted by Crippen LogP contribution is -2.45. The van der Waals surface area contributed by atoms with Crippen molar-refractivity contribution < 1.29 is 19.5 Å². The van der Waals surface area contributed by atoms with Crippen molar-refractivity contribution in [3.63, 3.8) is 0 Å². The second-order valence-corrected chi connectivity index (χ2v) is 5.00. The minimum atomic E-state index is -1.36. The fourth-order valence-electron chi connectivity index (χ4n) is 1.44. The molecule has 0 saturated heterocycles. The van der Waals surface area contributed by atoms with Crippen LogP contribution in [0.15, 0.2) is 22.7 Å². The summed E-state index contributed by atoms with van der Waals surface area (Å²) in [5.41, 5.74) is 6.40. The van der Waals surface area contributed by atoms with Crippen LogP contribution in [0.4, 0.5) is 10.5 Å². The van der Waals surface area contributed by atoms with Gasteiger partial charge in [0.25, 0.3) is 0 Å². The van der Waals surface area contributed by atoms with Gasteiger partial charge in [0, 0.05) is 4.47 Å². The van der Waals surface area contributed by atoms with E-state index in [2.05, 4.69) is 26.6 Å². The van der Waals surface area contributed by atoms with Crippen LogP contribution < -0.4 is 16.4 Å². The number of hydrogen-bond donors (Lipinski definition) is 4. The number of aryl methyl sites for hydroxylation is 1. The SMILES string of the molecule is Cc1ccc(NC(=O)NC(CC(N)=O)C(=O)O)c(Br)c1. The summed E-state index contributed by atoms with van der Waals surface area (Å²) < 4.78 is 0.662. The smallest absolute Gasteiger partial charge is 0.326 e. The van der Waals surface area contributed by atoms with Gasteiger partial charge in [-0.2, -0.15) is 0 Å². The Morgan fingerprint density at radius 3 is 2.55 bits per heavy atom. The van der Waals surface area contributed by atoms with Crippen LogP contribution in [0.1, 0.15) is 12.0 Å². The number of carbonyl (C=O) groups is 3. The summed E-state index contributed by atoms with van der Waals surface area (Å²) in [5.74, 6) is -2.14. The van der Waals surface area contributed by atoms with E-state index >= 15 is 0 Å². The third kappa shape index (κ3) is 4.88. The molecule has 5 N–H and O–H groups in total. The highest BCUT2D eigenvalue weighted by molar-refractivity contribution is 9.10. The van der Waals surface area contributed by atoms with Gasteiger partial charge in [-0.3, -0.25) is 4.79 Å². The van der Waals surface area contributed by atoms with Crippen LogP contribution in [0.3, 0.4) is 0 Å². The third-order valence-electron chi connectivity index (χ3n) is 2.38. The lowest BCUT2D eigenvalue weighted by Gasteiger charge is -2.14. The molecule has 0 bridgehead atoms. The number of amides is 3. The molecule has 0 heterocycles. The topological polar surface area (TPSA) is 122 Å². The van der Waals surface area contributed by atoms with Gasteiger partial charge in [-0.15, -0.1) is 0 Å². The second kappa shape index (κ2) is 6.90. The molecule has 0 saturated carbocycles. The van der Waals surface area contributed by atoms with Crippen molar-refractivity contribution in [3.8, 4) is 0 Å². The number of rotatable bonds is 5. The maximum Gasteiger partial charge on any atom is 0.326 e. The van der Waals surface area contributed by atoms with Gasteiger partial charge >= 0.3 is 12.0 Å². The number of benzene rings is 1. The summed E-state index contributed by atoms with van der Waals surface area (Å²) in [6.45, 7) is 1.89. The van der Waals surface area contributed by atoms with Crippen molar-refractivity contribution in [2.75, 3.05) is 5.32 Å². The van der Waals surface area contributed by atoms with Crippen molar-refractivity contribution in [1.29, 1.82) is 0 Å². The quantitative estimate of drug-likeness (QED) is 0.641. The molecule has 0 aliphatic heterocycles. The van der Waals surface area contributed by atoms with Gasteiger partial charge < -0.3 is 21.5 Å². The average Bonchev–Trinajstić information content (AvgIpc) is 2.31. The molecule has 3 amide bonds. The lowest BCUT2D eigenvalue weighted by atomic mass is 10.2. The Labute approximate surface area is 123 Å². The minimum Gasteiger partial charge on any atom is -0.480 e. The number of aliphatic carboxylic acids is 1. The Bertz CT molecular complexity index is 548. The zero-order chi connectivity index (χ0) is 15.3. The van der Waals surface area contributed by atoms with Gasteiger partial charge in [0.05, 0.1) is 12.1 Å². The maximum absolute atomic E-state index is 11.7. The summed E-state index contributed by atoms with van der Waals surface area (Å²) >= 11 is 3.28. The van der Waals surface area contributed by atoms with Crippen molar-refractivity contribution in [3.05, 3.63) is 28.2 Å². The van der Waals surface area contributed by atoms with Crippen molar-refractivity contribution in [2.45, 2.75) is 19.4 Å². The first-order chi connectivity index (χ1) is 9.29. The van der Waals surface area contributed by atoms with Crippen LogP contribution in [-0.4, -0.2) is 29.1 Å². The molecule has 20 heavy (non-hydrogen) atoms. The van der Waals surface area contributed by atoms with Crippen molar-refractivity contribution in [2.24, 2.45) is 5.73 Å². The Morgan fingerprint density at radius 2 is 2.05 bits per heavy atom. The maximum atomic E-state index is 11.7. The summed E-state index contributed by atoms with van der Waals surface area (Å²) in [4.78, 5) is 33.3. The number of primary amides is 1. The molecule has 1 atom stereocenters. The summed E-state index contributed by atoms with van der Waals surface area (Å²) in [5, 5.41) is 13.5. The number of hydrogen-bond acceptors (Lipinski definition) is 3. The highest BCUT2D eigenvalue weighted by Gasteiger charge is 2.22. The summed E-state index contributed by atoms with van der Waals surface area (Å²) in [6.07, 6.45) is -0.474.